The molecule has 1 aromatic carbocycles. The normalized spacial score (nSPS) is 12.0. The standard InChI is InChI=1S/C13H12O4.K.H/c1-2-3-4-13(14)15-8-10-5-6-11-12(7-10)17-9-16-11;;/h2-7H,1,8-9H2;;. The van der Waals surface area contributed by atoms with Crippen LogP contribution in [0.1, 0.15) is 5.56 Å². The fraction of sp³-hybridized carbons (Fsp3) is 0.154. The minimum absolute atomic E-state index is 0. The Labute approximate surface area is 148 Å². The van der Waals surface area contributed by atoms with Gasteiger partial charge in [0, 0.05) is 6.08 Å². The number of hydrogen-bond donors (Lipinski definition) is 0. The number of fused-ring (bicyclic) bond motifs is 1. The van der Waals surface area contributed by atoms with E-state index in [1.54, 1.807) is 12.1 Å². The van der Waals surface area contributed by atoms with E-state index in [1.807, 2.05) is 6.07 Å². The maximum atomic E-state index is 11.2. The summed E-state index contributed by atoms with van der Waals surface area (Å²) < 4.78 is 15.4. The molecule has 0 unspecified atom stereocenters. The Kier molecular flexibility index (Phi) is 6.66. The summed E-state index contributed by atoms with van der Waals surface area (Å²) in [6.07, 6.45) is 4.36. The Morgan fingerprint density at radius 2 is 2.17 bits per heavy atom. The van der Waals surface area contributed by atoms with Gasteiger partial charge in [-0.2, -0.15) is 0 Å². The Bertz CT molecular complexity index is 468. The summed E-state index contributed by atoms with van der Waals surface area (Å²) in [5.41, 5.74) is 0.856. The number of allylic oxidation sites excluding steroid dienone is 2. The van der Waals surface area contributed by atoms with Crippen molar-refractivity contribution in [3.05, 3.63) is 48.6 Å². The van der Waals surface area contributed by atoms with Crippen molar-refractivity contribution in [2.75, 3.05) is 6.79 Å². The van der Waals surface area contributed by atoms with Crippen LogP contribution < -0.4 is 9.47 Å². The van der Waals surface area contributed by atoms with Gasteiger partial charge < -0.3 is 14.2 Å². The van der Waals surface area contributed by atoms with Gasteiger partial charge in [-0.1, -0.05) is 24.8 Å². The molecule has 0 bridgehead atoms. The fourth-order valence-corrected chi connectivity index (χ4v) is 1.38. The first kappa shape index (κ1) is 15.5. The number of ether oxygens (including phenoxy) is 3. The van der Waals surface area contributed by atoms with Gasteiger partial charge in [0.2, 0.25) is 6.79 Å². The molecule has 1 aliphatic heterocycles. The Balaban J connectivity index is 0.00000162. The Morgan fingerprint density at radius 1 is 1.39 bits per heavy atom. The van der Waals surface area contributed by atoms with E-state index in [-0.39, 0.29) is 64.8 Å². The van der Waals surface area contributed by atoms with Crippen molar-refractivity contribution < 1.29 is 19.0 Å². The van der Waals surface area contributed by atoms with Gasteiger partial charge in [-0.25, -0.2) is 4.79 Å². The van der Waals surface area contributed by atoms with Crippen LogP contribution in [0, 0.1) is 0 Å². The number of hydrogen-bond acceptors (Lipinski definition) is 4. The van der Waals surface area contributed by atoms with Crippen LogP contribution in [0.15, 0.2) is 43.0 Å². The van der Waals surface area contributed by atoms with Gasteiger partial charge in [-0.05, 0) is 17.7 Å². The van der Waals surface area contributed by atoms with Crippen molar-refractivity contribution in [1.29, 1.82) is 0 Å². The molecule has 90 valence electrons. The monoisotopic (exact) mass is 272 g/mol. The van der Waals surface area contributed by atoms with Gasteiger partial charge in [-0.3, -0.25) is 0 Å². The molecule has 0 spiro atoms. The molecule has 0 atom stereocenters. The van der Waals surface area contributed by atoms with Crippen molar-refractivity contribution in [3.8, 4) is 11.5 Å². The molecule has 1 aliphatic rings. The predicted molar refractivity (Wildman–Crippen MR) is 68.8 cm³/mol. The van der Waals surface area contributed by atoms with Crippen LogP contribution in [0.2, 0.25) is 0 Å². The number of rotatable bonds is 4. The summed E-state index contributed by atoms with van der Waals surface area (Å²) in [6.45, 7) is 3.91. The molecule has 0 saturated heterocycles. The average Bonchev–Trinajstić information content (AvgIpc) is 2.81. The summed E-state index contributed by atoms with van der Waals surface area (Å²) >= 11 is 0. The number of benzene rings is 1. The SMILES string of the molecule is C=CC=CC(=O)OCc1ccc2c(c1)OCO2.[KH]. The second-order valence-electron chi connectivity index (χ2n) is 3.39. The van der Waals surface area contributed by atoms with Gasteiger partial charge in [0.25, 0.3) is 0 Å². The summed E-state index contributed by atoms with van der Waals surface area (Å²) in [5.74, 6) is 0.995. The number of carbonyl (C=O) groups is 1. The zero-order valence-corrected chi connectivity index (χ0v) is 9.22. The molecule has 1 heterocycles. The second-order valence-corrected chi connectivity index (χ2v) is 3.39. The Morgan fingerprint density at radius 3 is 2.94 bits per heavy atom. The van der Waals surface area contributed by atoms with Crippen LogP contribution in [-0.2, 0) is 16.1 Å². The van der Waals surface area contributed by atoms with Crippen molar-refractivity contribution in [2.24, 2.45) is 0 Å². The molecule has 0 fully saturated rings. The molecule has 0 aliphatic carbocycles. The summed E-state index contributed by atoms with van der Waals surface area (Å²) in [6, 6.07) is 5.43. The zero-order valence-electron chi connectivity index (χ0n) is 9.22. The topological polar surface area (TPSA) is 44.8 Å². The van der Waals surface area contributed by atoms with Crippen LogP contribution in [-0.4, -0.2) is 64.1 Å². The van der Waals surface area contributed by atoms with Crippen molar-refractivity contribution >= 4 is 57.4 Å². The number of carbonyl (C=O) groups excluding carboxylic acids is 1. The molecule has 0 aromatic heterocycles. The van der Waals surface area contributed by atoms with E-state index >= 15 is 0 Å². The summed E-state index contributed by atoms with van der Waals surface area (Å²) in [7, 11) is 0. The van der Waals surface area contributed by atoms with E-state index in [0.29, 0.717) is 11.5 Å². The first-order valence-corrected chi connectivity index (χ1v) is 5.14. The van der Waals surface area contributed by atoms with E-state index in [0.717, 1.165) is 5.56 Å². The quantitative estimate of drug-likeness (QED) is 0.361. The predicted octanol–water partition coefficient (Wildman–Crippen LogP) is 1.55. The first-order chi connectivity index (χ1) is 8.29. The van der Waals surface area contributed by atoms with Gasteiger partial charge in [-0.15, -0.1) is 0 Å². The third-order valence-electron chi connectivity index (χ3n) is 2.19. The average molecular weight is 272 g/mol. The fourth-order valence-electron chi connectivity index (χ4n) is 1.38. The summed E-state index contributed by atoms with van der Waals surface area (Å²) in [5, 5.41) is 0. The zero-order chi connectivity index (χ0) is 12.1. The molecule has 18 heavy (non-hydrogen) atoms. The summed E-state index contributed by atoms with van der Waals surface area (Å²) in [4.78, 5) is 11.2. The molecule has 0 amide bonds. The van der Waals surface area contributed by atoms with E-state index < -0.39 is 5.97 Å². The van der Waals surface area contributed by atoms with Gasteiger partial charge >= 0.3 is 57.4 Å². The first-order valence-electron chi connectivity index (χ1n) is 5.14. The second kappa shape index (κ2) is 7.76. The van der Waals surface area contributed by atoms with Gasteiger partial charge in [0.15, 0.2) is 11.5 Å². The van der Waals surface area contributed by atoms with E-state index in [2.05, 4.69) is 6.58 Å². The van der Waals surface area contributed by atoms with Crippen LogP contribution in [0.5, 0.6) is 11.5 Å². The molecular weight excluding hydrogens is 259 g/mol. The van der Waals surface area contributed by atoms with Crippen LogP contribution >= 0.6 is 0 Å². The van der Waals surface area contributed by atoms with Crippen LogP contribution in [0.25, 0.3) is 0 Å². The van der Waals surface area contributed by atoms with Crippen LogP contribution in [0.4, 0.5) is 0 Å². The molecule has 5 heteroatoms. The molecular formula is C13H13KO4. The Hall–Kier alpha value is -0.594. The minimum atomic E-state index is -0.400. The molecule has 2 rings (SSSR count). The van der Waals surface area contributed by atoms with Gasteiger partial charge in [0.05, 0.1) is 0 Å². The van der Waals surface area contributed by atoms with E-state index in [1.165, 1.54) is 18.2 Å². The van der Waals surface area contributed by atoms with Crippen molar-refractivity contribution in [1.82, 2.24) is 0 Å². The third-order valence-corrected chi connectivity index (χ3v) is 2.19. The molecule has 4 nitrogen and oxygen atoms in total. The number of esters is 1. The van der Waals surface area contributed by atoms with E-state index in [4.69, 9.17) is 14.2 Å². The van der Waals surface area contributed by atoms with E-state index in [9.17, 15) is 4.79 Å². The molecule has 0 N–H and O–H groups in total. The van der Waals surface area contributed by atoms with Crippen molar-refractivity contribution in [3.63, 3.8) is 0 Å². The molecule has 0 radical (unpaired) electrons. The third kappa shape index (κ3) is 4.26. The molecule has 1 aromatic rings. The maximum absolute atomic E-state index is 11.2. The molecule has 0 saturated carbocycles. The van der Waals surface area contributed by atoms with Crippen LogP contribution in [0.3, 0.4) is 0 Å². The van der Waals surface area contributed by atoms with Crippen molar-refractivity contribution in [2.45, 2.75) is 6.61 Å². The van der Waals surface area contributed by atoms with Gasteiger partial charge in [0.1, 0.15) is 6.61 Å².